The van der Waals surface area contributed by atoms with E-state index in [1.807, 2.05) is 37.3 Å². The molecule has 0 saturated carbocycles. The molecule has 1 saturated heterocycles. The van der Waals surface area contributed by atoms with Crippen molar-refractivity contribution in [2.45, 2.75) is 19.1 Å². The first kappa shape index (κ1) is 16.5. The number of carbonyl (C=O) groups is 3. The normalized spacial score (nSPS) is 22.1. The maximum absolute atomic E-state index is 13.0. The molecule has 0 radical (unpaired) electrons. The van der Waals surface area contributed by atoms with E-state index >= 15 is 0 Å². The lowest BCUT2D eigenvalue weighted by atomic mass is 10.0. The molecule has 2 aliphatic heterocycles. The highest BCUT2D eigenvalue weighted by Crippen LogP contribution is 2.27. The lowest BCUT2D eigenvalue weighted by Gasteiger charge is -2.37. The summed E-state index contributed by atoms with van der Waals surface area (Å²) in [6.07, 6.45) is -0.291. The highest BCUT2D eigenvalue weighted by Gasteiger charge is 2.32. The van der Waals surface area contributed by atoms with Crippen LogP contribution >= 0.6 is 0 Å². The third-order valence-electron chi connectivity index (χ3n) is 4.70. The van der Waals surface area contributed by atoms with Gasteiger partial charge in [0.1, 0.15) is 6.10 Å². The number of morpholine rings is 1. The molecule has 2 aliphatic rings. The molecule has 6 heteroatoms. The van der Waals surface area contributed by atoms with Gasteiger partial charge in [0.25, 0.3) is 17.7 Å². The van der Waals surface area contributed by atoms with Gasteiger partial charge in [0.2, 0.25) is 0 Å². The minimum atomic E-state index is -0.461. The molecular formula is C20H18N2O4. The Labute approximate surface area is 150 Å². The van der Waals surface area contributed by atoms with Crippen LogP contribution in [0.3, 0.4) is 0 Å². The topological polar surface area (TPSA) is 75.7 Å². The Hall–Kier alpha value is -2.99. The van der Waals surface area contributed by atoms with E-state index in [-0.39, 0.29) is 23.7 Å². The molecule has 1 N–H and O–H groups in total. The Kier molecular flexibility index (Phi) is 4.05. The summed E-state index contributed by atoms with van der Waals surface area (Å²) in [6, 6.07) is 14.4. The quantitative estimate of drug-likeness (QED) is 0.843. The summed E-state index contributed by atoms with van der Waals surface area (Å²) in [4.78, 5) is 38.2. The second-order valence-corrected chi connectivity index (χ2v) is 6.60. The predicted octanol–water partition coefficient (Wildman–Crippen LogP) is 2.17. The Bertz CT molecular complexity index is 894. The van der Waals surface area contributed by atoms with Crippen molar-refractivity contribution >= 4 is 17.7 Å². The monoisotopic (exact) mass is 350 g/mol. The van der Waals surface area contributed by atoms with Gasteiger partial charge in [-0.05, 0) is 30.7 Å². The number of rotatable bonds is 2. The molecule has 6 nitrogen and oxygen atoms in total. The van der Waals surface area contributed by atoms with Gasteiger partial charge in [-0.25, -0.2) is 0 Å². The molecule has 132 valence electrons. The summed E-state index contributed by atoms with van der Waals surface area (Å²) in [5.41, 5.74) is 1.98. The fourth-order valence-electron chi connectivity index (χ4n) is 3.45. The van der Waals surface area contributed by atoms with E-state index in [0.29, 0.717) is 24.2 Å². The van der Waals surface area contributed by atoms with Gasteiger partial charge in [-0.3, -0.25) is 19.7 Å². The van der Waals surface area contributed by atoms with Crippen molar-refractivity contribution in [3.05, 3.63) is 70.8 Å². The molecule has 0 unspecified atom stereocenters. The number of benzene rings is 2. The third-order valence-corrected chi connectivity index (χ3v) is 4.70. The van der Waals surface area contributed by atoms with E-state index in [0.717, 1.165) is 5.56 Å². The SMILES string of the molecule is C[C@@H]1CN(C(=O)c2ccc3c(c2)C(=O)NC3=O)C[C@H](c2ccccc2)O1. The van der Waals surface area contributed by atoms with Crippen LogP contribution in [0, 0.1) is 0 Å². The number of hydrogen-bond acceptors (Lipinski definition) is 4. The summed E-state index contributed by atoms with van der Waals surface area (Å²) in [5.74, 6) is -1.05. The van der Waals surface area contributed by atoms with Crippen LogP contribution in [0.2, 0.25) is 0 Å². The zero-order valence-electron chi connectivity index (χ0n) is 14.3. The molecule has 0 aromatic heterocycles. The molecule has 2 aromatic carbocycles. The van der Waals surface area contributed by atoms with Gasteiger partial charge in [-0.15, -0.1) is 0 Å². The van der Waals surface area contributed by atoms with E-state index in [1.54, 1.807) is 11.0 Å². The van der Waals surface area contributed by atoms with Crippen molar-refractivity contribution in [3.63, 3.8) is 0 Å². The van der Waals surface area contributed by atoms with Crippen LogP contribution in [0.1, 0.15) is 49.7 Å². The number of carbonyl (C=O) groups excluding carboxylic acids is 3. The number of imide groups is 1. The molecule has 2 heterocycles. The van der Waals surface area contributed by atoms with Crippen molar-refractivity contribution in [1.82, 2.24) is 10.2 Å². The third kappa shape index (κ3) is 2.88. The molecule has 4 rings (SSSR count). The summed E-state index contributed by atoms with van der Waals surface area (Å²) in [5, 5.41) is 2.24. The fourth-order valence-corrected chi connectivity index (χ4v) is 3.45. The van der Waals surface area contributed by atoms with E-state index in [9.17, 15) is 14.4 Å². The molecule has 0 aliphatic carbocycles. The maximum atomic E-state index is 13.0. The van der Waals surface area contributed by atoms with Crippen molar-refractivity contribution in [2.24, 2.45) is 0 Å². The molecule has 3 amide bonds. The molecule has 0 bridgehead atoms. The molecule has 1 fully saturated rings. The van der Waals surface area contributed by atoms with Crippen molar-refractivity contribution in [1.29, 1.82) is 0 Å². The zero-order valence-corrected chi connectivity index (χ0v) is 14.3. The summed E-state index contributed by atoms with van der Waals surface area (Å²) >= 11 is 0. The first-order valence-corrected chi connectivity index (χ1v) is 8.52. The van der Waals surface area contributed by atoms with Crippen LogP contribution in [0.25, 0.3) is 0 Å². The lowest BCUT2D eigenvalue weighted by molar-refractivity contribution is -0.0691. The minimum absolute atomic E-state index is 0.0998. The molecule has 2 aromatic rings. The standard InChI is InChI=1S/C20H18N2O4/c1-12-10-22(11-17(26-12)13-5-3-2-4-6-13)20(25)14-7-8-15-16(9-14)19(24)21-18(15)23/h2-9,12,17H,10-11H2,1H3,(H,21,23,24)/t12-,17-/m1/s1. The fraction of sp³-hybridized carbons (Fsp3) is 0.250. The van der Waals surface area contributed by atoms with Gasteiger partial charge in [-0.1, -0.05) is 30.3 Å². The molecule has 26 heavy (non-hydrogen) atoms. The van der Waals surface area contributed by atoms with Gasteiger partial charge in [-0.2, -0.15) is 0 Å². The average molecular weight is 350 g/mol. The Morgan fingerprint density at radius 1 is 1.04 bits per heavy atom. The smallest absolute Gasteiger partial charge is 0.258 e. The number of fused-ring (bicyclic) bond motifs is 1. The van der Waals surface area contributed by atoms with E-state index < -0.39 is 11.8 Å². The van der Waals surface area contributed by atoms with Crippen molar-refractivity contribution < 1.29 is 19.1 Å². The molecule has 2 atom stereocenters. The molecule has 0 spiro atoms. The second kappa shape index (κ2) is 6.38. The van der Waals surface area contributed by atoms with Crippen molar-refractivity contribution in [3.8, 4) is 0 Å². The van der Waals surface area contributed by atoms with Crippen LogP contribution in [0.15, 0.2) is 48.5 Å². The lowest BCUT2D eigenvalue weighted by Crippen LogP contribution is -2.46. The van der Waals surface area contributed by atoms with Gasteiger partial charge >= 0.3 is 0 Å². The van der Waals surface area contributed by atoms with E-state index in [4.69, 9.17) is 4.74 Å². The average Bonchev–Trinajstić information content (AvgIpc) is 2.95. The number of amides is 3. The Morgan fingerprint density at radius 2 is 1.77 bits per heavy atom. The summed E-state index contributed by atoms with van der Waals surface area (Å²) in [7, 11) is 0. The van der Waals surface area contributed by atoms with Crippen LogP contribution in [-0.4, -0.2) is 41.8 Å². The highest BCUT2D eigenvalue weighted by molar-refractivity contribution is 6.22. The second-order valence-electron chi connectivity index (χ2n) is 6.60. The molecular weight excluding hydrogens is 332 g/mol. The van der Waals surface area contributed by atoms with Crippen LogP contribution in [0.4, 0.5) is 0 Å². The van der Waals surface area contributed by atoms with Crippen LogP contribution < -0.4 is 5.32 Å². The van der Waals surface area contributed by atoms with Gasteiger partial charge in [0, 0.05) is 12.1 Å². The number of nitrogens with one attached hydrogen (secondary N) is 1. The maximum Gasteiger partial charge on any atom is 0.258 e. The first-order chi connectivity index (χ1) is 12.5. The van der Waals surface area contributed by atoms with Crippen LogP contribution in [0.5, 0.6) is 0 Å². The van der Waals surface area contributed by atoms with Crippen molar-refractivity contribution in [2.75, 3.05) is 13.1 Å². The number of nitrogens with zero attached hydrogens (tertiary/aromatic N) is 1. The first-order valence-electron chi connectivity index (χ1n) is 8.52. The summed E-state index contributed by atoms with van der Waals surface area (Å²) < 4.78 is 5.99. The van der Waals surface area contributed by atoms with Gasteiger partial charge in [0.15, 0.2) is 0 Å². The zero-order chi connectivity index (χ0) is 18.3. The van der Waals surface area contributed by atoms with Crippen LogP contribution in [-0.2, 0) is 4.74 Å². The Balaban J connectivity index is 1.59. The van der Waals surface area contributed by atoms with E-state index in [1.165, 1.54) is 12.1 Å². The van der Waals surface area contributed by atoms with Gasteiger partial charge in [0.05, 0.1) is 23.8 Å². The van der Waals surface area contributed by atoms with E-state index in [2.05, 4.69) is 5.32 Å². The van der Waals surface area contributed by atoms with Gasteiger partial charge < -0.3 is 9.64 Å². The predicted molar refractivity (Wildman–Crippen MR) is 93.9 cm³/mol. The highest BCUT2D eigenvalue weighted by atomic mass is 16.5. The number of hydrogen-bond donors (Lipinski definition) is 1. The Morgan fingerprint density at radius 3 is 2.54 bits per heavy atom. The largest absolute Gasteiger partial charge is 0.367 e. The summed E-state index contributed by atoms with van der Waals surface area (Å²) in [6.45, 7) is 2.85. The number of ether oxygens (including phenoxy) is 1. The minimum Gasteiger partial charge on any atom is -0.367 e.